The lowest BCUT2D eigenvalue weighted by molar-refractivity contribution is -0.387. The Morgan fingerprint density at radius 1 is 1.43 bits per heavy atom. The molecule has 0 amide bonds. The predicted octanol–water partition coefficient (Wildman–Crippen LogP) is 2.90. The summed E-state index contributed by atoms with van der Waals surface area (Å²) in [6.07, 6.45) is 2.47. The molecule has 1 atom stereocenters. The fraction of sp³-hybridized carbons (Fsp3) is 0.538. The Labute approximate surface area is 123 Å². The smallest absolute Gasteiger partial charge is 0.258 e. The van der Waals surface area contributed by atoms with Crippen LogP contribution in [0.4, 0.5) is 10.1 Å². The van der Waals surface area contributed by atoms with Crippen molar-refractivity contribution in [3.63, 3.8) is 0 Å². The molecule has 1 rings (SSSR count). The molecular weight excluding hydrogens is 299 g/mol. The summed E-state index contributed by atoms with van der Waals surface area (Å²) in [5.74, 6) is -1.02. The third-order valence-corrected chi connectivity index (χ3v) is 4.63. The second kappa shape index (κ2) is 6.95. The number of nitrogens with zero attached hydrogens (tertiary/aromatic N) is 1. The van der Waals surface area contributed by atoms with Crippen LogP contribution in [-0.4, -0.2) is 19.4 Å². The monoisotopic (exact) mass is 318 g/mol. The predicted molar refractivity (Wildman–Crippen MR) is 77.1 cm³/mol. The summed E-state index contributed by atoms with van der Waals surface area (Å²) < 4.78 is 40.4. The number of sulfonamides is 1. The molecular formula is C13H19FN2O4S. The molecule has 8 heteroatoms. The Bertz CT molecular complexity index is 631. The van der Waals surface area contributed by atoms with Gasteiger partial charge in [0, 0.05) is 12.1 Å². The Kier molecular flexibility index (Phi) is 5.79. The first kappa shape index (κ1) is 17.5. The van der Waals surface area contributed by atoms with Crippen molar-refractivity contribution < 1.29 is 17.7 Å². The Morgan fingerprint density at radius 2 is 2.05 bits per heavy atom. The summed E-state index contributed by atoms with van der Waals surface area (Å²) in [6.45, 7) is 5.01. The first-order chi connectivity index (χ1) is 9.69. The average molecular weight is 318 g/mol. The zero-order valence-corrected chi connectivity index (χ0v) is 13.0. The topological polar surface area (TPSA) is 89.3 Å². The third-order valence-electron chi connectivity index (χ3n) is 3.06. The van der Waals surface area contributed by atoms with Gasteiger partial charge in [-0.25, -0.2) is 13.1 Å². The van der Waals surface area contributed by atoms with Crippen LogP contribution in [0.1, 0.15) is 38.7 Å². The van der Waals surface area contributed by atoms with Crippen LogP contribution in [0.15, 0.2) is 17.0 Å². The summed E-state index contributed by atoms with van der Waals surface area (Å²) >= 11 is 0. The maximum atomic E-state index is 13.6. The standard InChI is InChI=1S/C13H19FN2O4S/c1-4-5-6-10(3)15-21(19,20)11-7-9(2)13(14)12(8-11)16(17)18/h7-8,10,15H,4-6H2,1-3H3. The number of nitro groups is 1. The number of aryl methyl sites for hydroxylation is 1. The number of hydrogen-bond acceptors (Lipinski definition) is 4. The van der Waals surface area contributed by atoms with Crippen LogP contribution in [0.3, 0.4) is 0 Å². The minimum absolute atomic E-state index is 0.0780. The largest absolute Gasteiger partial charge is 0.306 e. The molecule has 0 radical (unpaired) electrons. The molecule has 0 aromatic heterocycles. The molecule has 0 saturated heterocycles. The van der Waals surface area contributed by atoms with Gasteiger partial charge in [-0.1, -0.05) is 19.8 Å². The number of unbranched alkanes of at least 4 members (excludes halogenated alkanes) is 1. The lowest BCUT2D eigenvalue weighted by Crippen LogP contribution is -2.32. The highest BCUT2D eigenvalue weighted by Crippen LogP contribution is 2.25. The molecule has 1 aromatic carbocycles. The van der Waals surface area contributed by atoms with Crippen LogP contribution in [0, 0.1) is 22.9 Å². The lowest BCUT2D eigenvalue weighted by Gasteiger charge is -2.14. The van der Waals surface area contributed by atoms with E-state index < -0.39 is 26.5 Å². The van der Waals surface area contributed by atoms with Crippen molar-refractivity contribution in [2.45, 2.75) is 51.0 Å². The van der Waals surface area contributed by atoms with Gasteiger partial charge in [-0.2, -0.15) is 4.39 Å². The molecule has 0 fully saturated rings. The van der Waals surface area contributed by atoms with Crippen molar-refractivity contribution in [1.29, 1.82) is 0 Å². The maximum Gasteiger partial charge on any atom is 0.306 e. The van der Waals surface area contributed by atoms with Crippen LogP contribution in [0.2, 0.25) is 0 Å². The zero-order valence-electron chi connectivity index (χ0n) is 12.2. The number of hydrogen-bond donors (Lipinski definition) is 1. The molecule has 1 aromatic rings. The van der Waals surface area contributed by atoms with Crippen LogP contribution < -0.4 is 4.72 Å². The Morgan fingerprint density at radius 3 is 2.57 bits per heavy atom. The first-order valence-electron chi connectivity index (χ1n) is 6.66. The number of rotatable bonds is 7. The van der Waals surface area contributed by atoms with Gasteiger partial charge in [-0.05, 0) is 31.9 Å². The molecule has 0 heterocycles. The van der Waals surface area contributed by atoms with E-state index in [1.54, 1.807) is 6.92 Å². The van der Waals surface area contributed by atoms with Crippen molar-refractivity contribution in [1.82, 2.24) is 4.72 Å². The van der Waals surface area contributed by atoms with Gasteiger partial charge in [0.2, 0.25) is 15.8 Å². The fourth-order valence-corrected chi connectivity index (χ4v) is 3.29. The number of benzene rings is 1. The molecule has 1 unspecified atom stereocenters. The minimum Gasteiger partial charge on any atom is -0.258 e. The first-order valence-corrected chi connectivity index (χ1v) is 8.14. The van der Waals surface area contributed by atoms with E-state index in [-0.39, 0.29) is 16.5 Å². The van der Waals surface area contributed by atoms with E-state index in [0.29, 0.717) is 6.42 Å². The van der Waals surface area contributed by atoms with E-state index in [0.717, 1.165) is 25.0 Å². The Hall–Kier alpha value is -1.54. The van der Waals surface area contributed by atoms with Crippen molar-refractivity contribution in [2.24, 2.45) is 0 Å². The van der Waals surface area contributed by atoms with E-state index >= 15 is 0 Å². The van der Waals surface area contributed by atoms with Gasteiger partial charge < -0.3 is 0 Å². The number of halogens is 1. The van der Waals surface area contributed by atoms with Gasteiger partial charge in [0.15, 0.2) is 0 Å². The highest BCUT2D eigenvalue weighted by Gasteiger charge is 2.24. The molecule has 0 spiro atoms. The van der Waals surface area contributed by atoms with Gasteiger partial charge >= 0.3 is 5.69 Å². The molecule has 0 aliphatic rings. The van der Waals surface area contributed by atoms with Gasteiger partial charge in [0.25, 0.3) is 0 Å². The quantitative estimate of drug-likeness (QED) is 0.618. The van der Waals surface area contributed by atoms with E-state index in [2.05, 4.69) is 4.72 Å². The fourth-order valence-electron chi connectivity index (χ4n) is 1.91. The van der Waals surface area contributed by atoms with Gasteiger partial charge in [0.05, 0.1) is 9.82 Å². The highest BCUT2D eigenvalue weighted by molar-refractivity contribution is 7.89. The lowest BCUT2D eigenvalue weighted by atomic mass is 10.2. The summed E-state index contributed by atoms with van der Waals surface area (Å²) in [5, 5.41) is 10.8. The van der Waals surface area contributed by atoms with Crippen LogP contribution >= 0.6 is 0 Å². The summed E-state index contributed by atoms with van der Waals surface area (Å²) in [4.78, 5) is 9.54. The Balaban J connectivity index is 3.12. The van der Waals surface area contributed by atoms with E-state index in [9.17, 15) is 22.9 Å². The molecule has 1 N–H and O–H groups in total. The molecule has 21 heavy (non-hydrogen) atoms. The van der Waals surface area contributed by atoms with E-state index in [1.165, 1.54) is 6.92 Å². The molecule has 6 nitrogen and oxygen atoms in total. The van der Waals surface area contributed by atoms with Crippen LogP contribution in [-0.2, 0) is 10.0 Å². The highest BCUT2D eigenvalue weighted by atomic mass is 32.2. The van der Waals surface area contributed by atoms with E-state index in [4.69, 9.17) is 0 Å². The molecule has 0 aliphatic heterocycles. The SMILES string of the molecule is CCCCC(C)NS(=O)(=O)c1cc(C)c(F)c([N+](=O)[O-])c1. The third kappa shape index (κ3) is 4.47. The van der Waals surface area contributed by atoms with Crippen LogP contribution in [0.5, 0.6) is 0 Å². The second-order valence-electron chi connectivity index (χ2n) is 4.99. The van der Waals surface area contributed by atoms with Gasteiger partial charge in [0.1, 0.15) is 0 Å². The molecule has 118 valence electrons. The van der Waals surface area contributed by atoms with Crippen molar-refractivity contribution in [3.8, 4) is 0 Å². The minimum atomic E-state index is -3.91. The molecule has 0 saturated carbocycles. The average Bonchev–Trinajstić information content (AvgIpc) is 2.38. The summed E-state index contributed by atoms with van der Waals surface area (Å²) in [7, 11) is -3.91. The molecule has 0 bridgehead atoms. The van der Waals surface area contributed by atoms with Crippen molar-refractivity contribution in [3.05, 3.63) is 33.6 Å². The van der Waals surface area contributed by atoms with Crippen LogP contribution in [0.25, 0.3) is 0 Å². The summed E-state index contributed by atoms with van der Waals surface area (Å²) in [5.41, 5.74) is -0.914. The maximum absolute atomic E-state index is 13.6. The summed E-state index contributed by atoms with van der Waals surface area (Å²) in [6, 6.07) is 1.55. The van der Waals surface area contributed by atoms with Crippen molar-refractivity contribution >= 4 is 15.7 Å². The van der Waals surface area contributed by atoms with Crippen molar-refractivity contribution in [2.75, 3.05) is 0 Å². The zero-order chi connectivity index (χ0) is 16.2. The normalized spacial score (nSPS) is 13.1. The van der Waals surface area contributed by atoms with E-state index in [1.807, 2.05) is 6.92 Å². The number of nitro benzene ring substituents is 1. The number of nitrogens with one attached hydrogen (secondary N) is 1. The van der Waals surface area contributed by atoms with Gasteiger partial charge in [-0.3, -0.25) is 10.1 Å². The van der Waals surface area contributed by atoms with Gasteiger partial charge in [-0.15, -0.1) is 0 Å². The molecule has 0 aliphatic carbocycles. The second-order valence-corrected chi connectivity index (χ2v) is 6.71.